The molecule has 0 aromatic carbocycles. The number of hydrogen-bond donors (Lipinski definition) is 0. The summed E-state index contributed by atoms with van der Waals surface area (Å²) < 4.78 is 33.4. The summed E-state index contributed by atoms with van der Waals surface area (Å²) in [5.41, 5.74) is -0.529. The summed E-state index contributed by atoms with van der Waals surface area (Å²) >= 11 is 0. The summed E-state index contributed by atoms with van der Waals surface area (Å²) in [7, 11) is 0. The Hall–Kier alpha value is -1.72. The molecular weight excluding hydrogens is 246 g/mol. The van der Waals surface area contributed by atoms with Gasteiger partial charge in [0.15, 0.2) is 5.75 Å². The van der Waals surface area contributed by atoms with Crippen LogP contribution in [0.5, 0.6) is 5.75 Å². The first kappa shape index (κ1) is 10.1. The third-order valence-electron chi connectivity index (χ3n) is 2.77. The molecule has 0 saturated carbocycles. The lowest BCUT2D eigenvalue weighted by molar-refractivity contribution is -0.0141. The van der Waals surface area contributed by atoms with E-state index < -0.39 is 12.6 Å². The maximum Gasteiger partial charge on any atom is 0.410 e. The minimum Gasteiger partial charge on any atom is -0.488 e. The van der Waals surface area contributed by atoms with E-state index in [9.17, 15) is 4.79 Å². The van der Waals surface area contributed by atoms with Gasteiger partial charge >= 0.3 is 6.09 Å². The van der Waals surface area contributed by atoms with Gasteiger partial charge in [0, 0.05) is 17.6 Å². The van der Waals surface area contributed by atoms with Gasteiger partial charge in [-0.15, -0.1) is 0 Å². The number of hydrogen-bond acceptors (Lipinski definition) is 4. The number of rotatable bonds is 3. The van der Waals surface area contributed by atoms with Crippen molar-refractivity contribution in [2.24, 2.45) is 6.98 Å². The molecule has 0 radical (unpaired) electrons. The molecule has 0 bridgehead atoms. The minimum absolute atomic E-state index is 0.0639. The van der Waals surface area contributed by atoms with Crippen molar-refractivity contribution in [3.05, 3.63) is 12.4 Å². The summed E-state index contributed by atoms with van der Waals surface area (Å²) in [4.78, 5) is 13.6. The summed E-state index contributed by atoms with van der Waals surface area (Å²) in [5.74, 6) is 0.368. The molecule has 1 fully saturated rings. The number of nitrogens with zero attached hydrogens (tertiary/aromatic N) is 3. The Morgan fingerprint density at radius 3 is 2.95 bits per heavy atom. The Bertz CT molecular complexity index is 537. The molecule has 6 nitrogen and oxygen atoms in total. The number of carbonyl (C=O) groups excluding carboxylic acids is 1. The molecule has 1 amide bonds. The maximum absolute atomic E-state index is 12.0. The minimum atomic E-state index is -2.32. The lowest BCUT2D eigenvalue weighted by atomic mass is 10.1. The van der Waals surface area contributed by atoms with Crippen molar-refractivity contribution in [3.63, 3.8) is 0 Å². The van der Waals surface area contributed by atoms with Crippen molar-refractivity contribution in [1.29, 1.82) is 0 Å². The standard InChI is InChI=1S/C13H21N3O3/c1-13(2,3)19-12(17)16-6-5-10(16)9-18-11-7-14-15(4)8-11/h7-8,10H,5-6,9H2,1-4H3/t10-/m1/s1/i4D3. The van der Waals surface area contributed by atoms with Crippen LogP contribution in [0, 0.1) is 0 Å². The Kier molecular flexibility index (Phi) is 2.72. The number of aryl methyl sites for hydroxylation is 1. The van der Waals surface area contributed by atoms with Gasteiger partial charge in [-0.3, -0.25) is 4.68 Å². The fraction of sp³-hybridized carbons (Fsp3) is 0.692. The van der Waals surface area contributed by atoms with Crippen LogP contribution in [0.3, 0.4) is 0 Å². The lowest BCUT2D eigenvalue weighted by Crippen LogP contribution is -2.55. The first-order valence-corrected chi connectivity index (χ1v) is 6.24. The molecule has 106 valence electrons. The zero-order valence-electron chi connectivity index (χ0n) is 14.4. The van der Waals surface area contributed by atoms with Crippen molar-refractivity contribution < 1.29 is 18.4 Å². The molecule has 1 atom stereocenters. The van der Waals surface area contributed by atoms with Gasteiger partial charge < -0.3 is 14.4 Å². The Morgan fingerprint density at radius 1 is 1.63 bits per heavy atom. The van der Waals surface area contributed by atoms with Crippen molar-refractivity contribution in [2.45, 2.75) is 38.8 Å². The first-order valence-electron chi connectivity index (χ1n) is 7.74. The molecule has 2 heterocycles. The van der Waals surface area contributed by atoms with Crippen LogP contribution in [-0.2, 0) is 11.7 Å². The molecule has 1 aromatic heterocycles. The van der Waals surface area contributed by atoms with E-state index in [1.54, 1.807) is 4.90 Å². The fourth-order valence-electron chi connectivity index (χ4n) is 1.75. The normalized spacial score (nSPS) is 21.9. The molecule has 0 spiro atoms. The van der Waals surface area contributed by atoms with Gasteiger partial charge in [0.2, 0.25) is 0 Å². The topological polar surface area (TPSA) is 56.6 Å². The van der Waals surface area contributed by atoms with Crippen LogP contribution in [0.2, 0.25) is 0 Å². The molecule has 0 N–H and O–H groups in total. The number of ether oxygens (including phenoxy) is 2. The Labute approximate surface area is 117 Å². The summed E-state index contributed by atoms with van der Waals surface area (Å²) in [5, 5.41) is 3.74. The molecule has 1 aliphatic rings. The zero-order valence-corrected chi connectivity index (χ0v) is 11.4. The highest BCUT2D eigenvalue weighted by molar-refractivity contribution is 5.69. The van der Waals surface area contributed by atoms with E-state index in [2.05, 4.69) is 5.10 Å². The molecule has 0 aliphatic carbocycles. The maximum atomic E-state index is 12.0. The molecule has 1 aromatic rings. The largest absolute Gasteiger partial charge is 0.488 e. The molecule has 6 heteroatoms. The lowest BCUT2D eigenvalue weighted by Gasteiger charge is -2.40. The number of likely N-dealkylation sites (tertiary alicyclic amines) is 1. The predicted molar refractivity (Wildman–Crippen MR) is 70.0 cm³/mol. The van der Waals surface area contributed by atoms with E-state index in [-0.39, 0.29) is 18.7 Å². The van der Waals surface area contributed by atoms with Crippen molar-refractivity contribution in [1.82, 2.24) is 14.7 Å². The Balaban J connectivity index is 1.85. The highest BCUT2D eigenvalue weighted by Crippen LogP contribution is 2.22. The second-order valence-corrected chi connectivity index (χ2v) is 5.55. The van der Waals surface area contributed by atoms with Crippen LogP contribution in [0.25, 0.3) is 0 Å². The smallest absolute Gasteiger partial charge is 0.410 e. The van der Waals surface area contributed by atoms with Gasteiger partial charge in [-0.1, -0.05) is 0 Å². The molecule has 19 heavy (non-hydrogen) atoms. The van der Waals surface area contributed by atoms with E-state index in [0.717, 1.165) is 11.1 Å². The average Bonchev–Trinajstić information content (AvgIpc) is 2.73. The van der Waals surface area contributed by atoms with Crippen molar-refractivity contribution in [2.75, 3.05) is 13.2 Å². The van der Waals surface area contributed by atoms with E-state index in [1.807, 2.05) is 20.8 Å². The molecule has 0 unspecified atom stereocenters. The van der Waals surface area contributed by atoms with Gasteiger partial charge in [-0.2, -0.15) is 5.10 Å². The van der Waals surface area contributed by atoms with Gasteiger partial charge in [0.25, 0.3) is 0 Å². The van der Waals surface area contributed by atoms with E-state index in [1.165, 1.54) is 12.4 Å². The van der Waals surface area contributed by atoms with E-state index >= 15 is 0 Å². The third kappa shape index (κ3) is 3.62. The first-order chi connectivity index (χ1) is 10.1. The average molecular weight is 270 g/mol. The van der Waals surface area contributed by atoms with Crippen LogP contribution in [0.15, 0.2) is 12.4 Å². The van der Waals surface area contributed by atoms with Gasteiger partial charge in [0.05, 0.1) is 18.4 Å². The highest BCUT2D eigenvalue weighted by atomic mass is 16.6. The van der Waals surface area contributed by atoms with Gasteiger partial charge in [-0.05, 0) is 27.2 Å². The SMILES string of the molecule is [2H]C([2H])([2H])n1cc(OC[C@H]2CCN2C(=O)OC(C)(C)C)cn1. The highest BCUT2D eigenvalue weighted by Gasteiger charge is 2.35. The second-order valence-electron chi connectivity index (χ2n) is 5.55. The molecule has 2 rings (SSSR count). The van der Waals surface area contributed by atoms with Gasteiger partial charge in [0.1, 0.15) is 12.2 Å². The number of amides is 1. The van der Waals surface area contributed by atoms with Crippen LogP contribution in [-0.4, -0.2) is 45.6 Å². The number of carbonyl (C=O) groups is 1. The van der Waals surface area contributed by atoms with Crippen LogP contribution in [0.1, 0.15) is 31.3 Å². The third-order valence-corrected chi connectivity index (χ3v) is 2.77. The fourth-order valence-corrected chi connectivity index (χ4v) is 1.75. The summed E-state index contributed by atoms with van der Waals surface area (Å²) in [6.45, 7) is 4.06. The van der Waals surface area contributed by atoms with E-state index in [4.69, 9.17) is 13.6 Å². The Morgan fingerprint density at radius 2 is 2.42 bits per heavy atom. The summed E-state index contributed by atoms with van der Waals surface area (Å²) in [6.07, 6.45) is 3.14. The van der Waals surface area contributed by atoms with Crippen molar-refractivity contribution >= 4 is 6.09 Å². The summed E-state index contributed by atoms with van der Waals surface area (Å²) in [6, 6.07) is -0.0639. The molecule has 1 aliphatic heterocycles. The van der Waals surface area contributed by atoms with E-state index in [0.29, 0.717) is 12.3 Å². The molecule has 1 saturated heterocycles. The van der Waals surface area contributed by atoms with Crippen LogP contribution < -0.4 is 4.74 Å². The van der Waals surface area contributed by atoms with Crippen LogP contribution in [0.4, 0.5) is 4.79 Å². The van der Waals surface area contributed by atoms with Gasteiger partial charge in [-0.25, -0.2) is 4.79 Å². The second kappa shape index (κ2) is 5.11. The van der Waals surface area contributed by atoms with Crippen molar-refractivity contribution in [3.8, 4) is 5.75 Å². The monoisotopic (exact) mass is 270 g/mol. The predicted octanol–water partition coefficient (Wildman–Crippen LogP) is 1.81. The number of aromatic nitrogens is 2. The van der Waals surface area contributed by atoms with Crippen LogP contribution >= 0.6 is 0 Å². The zero-order chi connectivity index (χ0) is 16.5. The quantitative estimate of drug-likeness (QED) is 0.840. The molecular formula is C13H21N3O3.